The molecule has 0 N–H and O–H groups in total. The average Bonchev–Trinajstić information content (AvgIpc) is 3.68. The Morgan fingerprint density at radius 1 is 0.882 bits per heavy atom. The minimum Gasteiger partial charge on any atom is -0.119 e. The smallest absolute Gasteiger partial charge is 0.0708 e. The molecule has 0 spiro atoms. The van der Waals surface area contributed by atoms with E-state index >= 15 is 0 Å². The zero-order chi connectivity index (χ0) is 23.7. The molecule has 0 saturated heterocycles. The lowest BCUT2D eigenvalue weighted by Gasteiger charge is -2.38. The van der Waals surface area contributed by atoms with Gasteiger partial charge in [-0.25, -0.2) is 0 Å². The van der Waals surface area contributed by atoms with Crippen molar-refractivity contribution in [1.29, 1.82) is 0 Å². The van der Waals surface area contributed by atoms with Crippen molar-refractivity contribution in [3.8, 4) is 12.3 Å². The van der Waals surface area contributed by atoms with Crippen LogP contribution in [0.5, 0.6) is 0 Å². The molecule has 5 rings (SSSR count). The zero-order valence-corrected chi connectivity index (χ0v) is 21.1. The van der Waals surface area contributed by atoms with Crippen molar-refractivity contribution in [3.05, 3.63) is 94.6 Å². The summed E-state index contributed by atoms with van der Waals surface area (Å²) in [6, 6.07) is 18.5. The molecule has 3 aliphatic carbocycles. The van der Waals surface area contributed by atoms with Crippen molar-refractivity contribution in [3.63, 3.8) is 0 Å². The molecular formula is C34H38. The lowest BCUT2D eigenvalue weighted by Crippen LogP contribution is -2.25. The standard InChI is InChI=1S/C34H38/c1-5-7-34-30(6-2)32(20-21-33(34)28-12-10-25(11-13-28)24-8-9-24)27-16-14-26(15-17-27)31-19-18-29(31)22-23(3)4/h2,7,10-17,20-21,23-24,29-31H,5,8-9,18-19,22H2,1,3-4H3/b34-7-. The van der Waals surface area contributed by atoms with E-state index in [0.717, 1.165) is 30.1 Å². The molecular weight excluding hydrogens is 408 g/mol. The van der Waals surface area contributed by atoms with E-state index in [9.17, 15) is 0 Å². The fourth-order valence-corrected chi connectivity index (χ4v) is 6.01. The molecule has 0 aromatic heterocycles. The van der Waals surface area contributed by atoms with Crippen LogP contribution >= 0.6 is 0 Å². The lowest BCUT2D eigenvalue weighted by atomic mass is 9.67. The van der Waals surface area contributed by atoms with Crippen LogP contribution < -0.4 is 0 Å². The van der Waals surface area contributed by atoms with Crippen molar-refractivity contribution in [2.75, 3.05) is 0 Å². The maximum absolute atomic E-state index is 6.18. The first kappa shape index (κ1) is 23.0. The van der Waals surface area contributed by atoms with Gasteiger partial charge in [0, 0.05) is 0 Å². The van der Waals surface area contributed by atoms with Gasteiger partial charge in [0.25, 0.3) is 0 Å². The molecule has 0 heterocycles. The van der Waals surface area contributed by atoms with Gasteiger partial charge in [0.1, 0.15) is 0 Å². The van der Waals surface area contributed by atoms with Gasteiger partial charge >= 0.3 is 0 Å². The Labute approximate surface area is 206 Å². The molecule has 0 bridgehead atoms. The number of terminal acetylenes is 1. The number of hydrogen-bond donors (Lipinski definition) is 0. The fourth-order valence-electron chi connectivity index (χ4n) is 6.01. The molecule has 0 radical (unpaired) electrons. The van der Waals surface area contributed by atoms with E-state index < -0.39 is 0 Å². The Hall–Kier alpha value is -2.78. The minimum atomic E-state index is -0.00805. The maximum atomic E-state index is 6.18. The zero-order valence-electron chi connectivity index (χ0n) is 21.1. The van der Waals surface area contributed by atoms with Crippen LogP contribution in [-0.4, -0.2) is 0 Å². The average molecular weight is 447 g/mol. The molecule has 174 valence electrons. The molecule has 2 saturated carbocycles. The van der Waals surface area contributed by atoms with Gasteiger partial charge < -0.3 is 0 Å². The third-order valence-corrected chi connectivity index (χ3v) is 8.09. The summed E-state index contributed by atoms with van der Waals surface area (Å²) in [5.74, 6) is 6.29. The number of rotatable bonds is 7. The van der Waals surface area contributed by atoms with E-state index in [-0.39, 0.29) is 5.92 Å². The Balaban J connectivity index is 1.43. The Morgan fingerprint density at radius 2 is 1.56 bits per heavy atom. The molecule has 34 heavy (non-hydrogen) atoms. The van der Waals surface area contributed by atoms with Crippen LogP contribution in [0.2, 0.25) is 0 Å². The summed E-state index contributed by atoms with van der Waals surface area (Å²) < 4.78 is 0. The first-order valence-electron chi connectivity index (χ1n) is 13.4. The summed E-state index contributed by atoms with van der Waals surface area (Å²) >= 11 is 0. The third-order valence-electron chi connectivity index (χ3n) is 8.09. The van der Waals surface area contributed by atoms with Crippen molar-refractivity contribution >= 4 is 11.1 Å². The predicted molar refractivity (Wildman–Crippen MR) is 146 cm³/mol. The van der Waals surface area contributed by atoms with Gasteiger partial charge in [0.2, 0.25) is 0 Å². The lowest BCUT2D eigenvalue weighted by molar-refractivity contribution is 0.214. The molecule has 2 aromatic carbocycles. The monoisotopic (exact) mass is 446 g/mol. The summed E-state index contributed by atoms with van der Waals surface area (Å²) in [6.07, 6.45) is 20.8. The summed E-state index contributed by atoms with van der Waals surface area (Å²) in [4.78, 5) is 0. The van der Waals surface area contributed by atoms with Gasteiger partial charge in [-0.3, -0.25) is 0 Å². The van der Waals surface area contributed by atoms with Gasteiger partial charge in [0.15, 0.2) is 0 Å². The van der Waals surface area contributed by atoms with Crippen LogP contribution in [0.1, 0.15) is 93.4 Å². The minimum absolute atomic E-state index is 0.00805. The predicted octanol–water partition coefficient (Wildman–Crippen LogP) is 9.17. The second-order valence-corrected chi connectivity index (χ2v) is 11.0. The number of benzene rings is 2. The van der Waals surface area contributed by atoms with Crippen molar-refractivity contribution in [1.82, 2.24) is 0 Å². The van der Waals surface area contributed by atoms with E-state index in [1.54, 1.807) is 0 Å². The largest absolute Gasteiger partial charge is 0.119 e. The van der Waals surface area contributed by atoms with Crippen LogP contribution in [0.3, 0.4) is 0 Å². The molecule has 0 amide bonds. The number of allylic oxidation sites excluding steroid dienone is 6. The highest BCUT2D eigenvalue weighted by Gasteiger charge is 2.32. The summed E-state index contributed by atoms with van der Waals surface area (Å²) in [5.41, 5.74) is 9.32. The van der Waals surface area contributed by atoms with E-state index in [1.165, 1.54) is 71.1 Å². The SMILES string of the molecule is C#CC1C(c2ccc(C3CCC3CC(C)C)cc2)=CC=C(c2ccc(C3CC3)cc2)/C1=C\CC. The third kappa shape index (κ3) is 4.59. The van der Waals surface area contributed by atoms with E-state index in [1.807, 2.05) is 0 Å². The second-order valence-electron chi connectivity index (χ2n) is 11.0. The van der Waals surface area contributed by atoms with Crippen molar-refractivity contribution in [2.45, 2.75) is 71.1 Å². The Kier molecular flexibility index (Phi) is 6.65. The summed E-state index contributed by atoms with van der Waals surface area (Å²) in [7, 11) is 0. The maximum Gasteiger partial charge on any atom is 0.0708 e. The van der Waals surface area contributed by atoms with E-state index in [4.69, 9.17) is 6.42 Å². The van der Waals surface area contributed by atoms with E-state index in [2.05, 4.69) is 93.5 Å². The van der Waals surface area contributed by atoms with Gasteiger partial charge in [-0.2, -0.15) is 0 Å². The Morgan fingerprint density at radius 3 is 2.12 bits per heavy atom. The fraction of sp³-hybridized carbons (Fsp3) is 0.412. The van der Waals surface area contributed by atoms with Gasteiger partial charge in [-0.05, 0) is 101 Å². The molecule has 2 fully saturated rings. The topological polar surface area (TPSA) is 0 Å². The number of hydrogen-bond acceptors (Lipinski definition) is 0. The van der Waals surface area contributed by atoms with Crippen molar-refractivity contribution in [2.24, 2.45) is 17.8 Å². The molecule has 3 aliphatic rings. The van der Waals surface area contributed by atoms with Crippen LogP contribution in [0.4, 0.5) is 0 Å². The van der Waals surface area contributed by atoms with Gasteiger partial charge in [-0.1, -0.05) is 93.5 Å². The molecule has 0 nitrogen and oxygen atoms in total. The van der Waals surface area contributed by atoms with Crippen LogP contribution in [0.15, 0.2) is 72.3 Å². The van der Waals surface area contributed by atoms with Gasteiger partial charge in [0.05, 0.1) is 5.92 Å². The Bertz CT molecular complexity index is 1140. The summed E-state index contributed by atoms with van der Waals surface area (Å²) in [5, 5.41) is 0. The molecule has 2 aromatic rings. The molecule has 0 heteroatoms. The highest BCUT2D eigenvalue weighted by atomic mass is 14.4. The second kappa shape index (κ2) is 9.84. The highest BCUT2D eigenvalue weighted by Crippen LogP contribution is 2.47. The first-order chi connectivity index (χ1) is 16.6. The molecule has 3 atom stereocenters. The van der Waals surface area contributed by atoms with Crippen LogP contribution in [-0.2, 0) is 0 Å². The molecule has 0 aliphatic heterocycles. The van der Waals surface area contributed by atoms with Crippen LogP contribution in [0, 0.1) is 30.1 Å². The normalized spacial score (nSPS) is 25.5. The van der Waals surface area contributed by atoms with Crippen LogP contribution in [0.25, 0.3) is 11.1 Å². The van der Waals surface area contributed by atoms with Crippen molar-refractivity contribution < 1.29 is 0 Å². The molecule has 3 unspecified atom stereocenters. The first-order valence-corrected chi connectivity index (χ1v) is 13.4. The van der Waals surface area contributed by atoms with Gasteiger partial charge in [-0.15, -0.1) is 6.42 Å². The van der Waals surface area contributed by atoms with E-state index in [0.29, 0.717) is 0 Å². The summed E-state index contributed by atoms with van der Waals surface area (Å²) in [6.45, 7) is 6.89. The quantitative estimate of drug-likeness (QED) is 0.372. The highest BCUT2D eigenvalue weighted by molar-refractivity contribution is 5.91.